The molecule has 1 heterocycles. The molecule has 2 amide bonds. The number of hydrogen-bond donors (Lipinski definition) is 3. The molecule has 1 aliphatic heterocycles. The monoisotopic (exact) mass is 442 g/mol. The highest BCUT2D eigenvalue weighted by atomic mass is 32.2. The third-order valence-corrected chi connectivity index (χ3v) is 5.36. The number of carbonyl (C=O) groups is 4. The zero-order valence-electron chi connectivity index (χ0n) is 15.2. The fourth-order valence-electron chi connectivity index (χ4n) is 2.63. The summed E-state index contributed by atoms with van der Waals surface area (Å²) in [4.78, 5) is 48.9. The molecule has 0 spiro atoms. The number of anilines is 1. The second-order valence-corrected chi connectivity index (χ2v) is 7.81. The fraction of sp³-hybridized carbons (Fsp3) is 0.0500. The lowest BCUT2D eigenvalue weighted by Crippen LogP contribution is -2.36. The van der Waals surface area contributed by atoms with Gasteiger partial charge in [0, 0.05) is 5.69 Å². The number of thiocarbonyl (C=S) groups is 1. The number of carbonyl (C=O) groups excluding carboxylic acids is 2. The van der Waals surface area contributed by atoms with Gasteiger partial charge in [0.25, 0.3) is 5.91 Å². The van der Waals surface area contributed by atoms with Crippen LogP contribution in [0.5, 0.6) is 0 Å². The van der Waals surface area contributed by atoms with Crippen LogP contribution in [-0.2, 0) is 9.59 Å². The van der Waals surface area contributed by atoms with E-state index < -0.39 is 30.3 Å². The molecule has 0 aromatic heterocycles. The smallest absolute Gasteiger partial charge is 0.335 e. The second-order valence-electron chi connectivity index (χ2n) is 6.14. The third-order valence-electron chi connectivity index (χ3n) is 3.98. The highest BCUT2D eigenvalue weighted by Crippen LogP contribution is 2.32. The molecule has 2 aromatic rings. The lowest BCUT2D eigenvalue weighted by Gasteiger charge is -2.14. The molecular formula is C20H14N2O6S2. The molecule has 3 N–H and O–H groups in total. The van der Waals surface area contributed by atoms with Crippen LogP contribution < -0.4 is 5.32 Å². The zero-order valence-corrected chi connectivity index (χ0v) is 16.8. The van der Waals surface area contributed by atoms with Crippen LogP contribution in [0.3, 0.4) is 0 Å². The molecule has 0 aliphatic carbocycles. The predicted molar refractivity (Wildman–Crippen MR) is 115 cm³/mol. The van der Waals surface area contributed by atoms with E-state index in [1.807, 2.05) is 30.3 Å². The van der Waals surface area contributed by atoms with Crippen LogP contribution in [0.15, 0.2) is 53.4 Å². The maximum Gasteiger partial charge on any atom is 0.335 e. The largest absolute Gasteiger partial charge is 0.478 e. The van der Waals surface area contributed by atoms with Crippen LogP contribution in [0.1, 0.15) is 26.3 Å². The van der Waals surface area contributed by atoms with Gasteiger partial charge in [0.2, 0.25) is 5.91 Å². The van der Waals surface area contributed by atoms with Gasteiger partial charge in [0.15, 0.2) is 0 Å². The summed E-state index contributed by atoms with van der Waals surface area (Å²) in [5, 5.41) is 20.6. The van der Waals surface area contributed by atoms with Crippen LogP contribution >= 0.6 is 24.0 Å². The molecule has 10 heteroatoms. The van der Waals surface area contributed by atoms with E-state index in [0.717, 1.165) is 40.4 Å². The van der Waals surface area contributed by atoms with Crippen molar-refractivity contribution in [2.75, 3.05) is 11.9 Å². The first-order valence-electron chi connectivity index (χ1n) is 8.46. The van der Waals surface area contributed by atoms with E-state index in [-0.39, 0.29) is 21.1 Å². The third kappa shape index (κ3) is 4.91. The summed E-state index contributed by atoms with van der Waals surface area (Å²) >= 11 is 6.27. The Morgan fingerprint density at radius 2 is 1.63 bits per heavy atom. The molecule has 2 aromatic carbocycles. The summed E-state index contributed by atoms with van der Waals surface area (Å²) < 4.78 is 0.211. The first kappa shape index (κ1) is 21.2. The van der Waals surface area contributed by atoms with Gasteiger partial charge >= 0.3 is 11.9 Å². The summed E-state index contributed by atoms with van der Waals surface area (Å²) in [6.07, 6.45) is 1.67. The normalized spacial score (nSPS) is 14.8. The average molecular weight is 442 g/mol. The molecule has 152 valence electrons. The van der Waals surface area contributed by atoms with Gasteiger partial charge in [-0.1, -0.05) is 54.3 Å². The Balaban J connectivity index is 1.74. The van der Waals surface area contributed by atoms with Crippen molar-refractivity contribution in [2.24, 2.45) is 0 Å². The van der Waals surface area contributed by atoms with E-state index in [0.29, 0.717) is 4.91 Å². The number of nitrogens with zero attached hydrogens (tertiary/aromatic N) is 1. The van der Waals surface area contributed by atoms with Gasteiger partial charge in [-0.15, -0.1) is 0 Å². The molecule has 1 aliphatic rings. The summed E-state index contributed by atoms with van der Waals surface area (Å²) in [6.45, 7) is -0.392. The van der Waals surface area contributed by atoms with Crippen molar-refractivity contribution < 1.29 is 29.4 Å². The molecule has 3 rings (SSSR count). The molecule has 0 saturated carbocycles. The average Bonchev–Trinajstić information content (AvgIpc) is 2.95. The topological polar surface area (TPSA) is 124 Å². The summed E-state index contributed by atoms with van der Waals surface area (Å²) in [5.41, 5.74) is 0.222. The van der Waals surface area contributed by atoms with Gasteiger partial charge < -0.3 is 15.5 Å². The van der Waals surface area contributed by atoms with Crippen molar-refractivity contribution in [1.82, 2.24) is 4.90 Å². The number of rotatable bonds is 6. The first-order chi connectivity index (χ1) is 14.2. The van der Waals surface area contributed by atoms with E-state index >= 15 is 0 Å². The van der Waals surface area contributed by atoms with Crippen molar-refractivity contribution in [3.8, 4) is 0 Å². The minimum atomic E-state index is -1.34. The maximum absolute atomic E-state index is 12.6. The van der Waals surface area contributed by atoms with Gasteiger partial charge in [0.05, 0.1) is 16.0 Å². The van der Waals surface area contributed by atoms with Gasteiger partial charge in [-0.3, -0.25) is 14.5 Å². The quantitative estimate of drug-likeness (QED) is 0.461. The lowest BCUT2D eigenvalue weighted by atomic mass is 10.1. The number of carboxylic acids is 2. The minimum absolute atomic E-state index is 0.0115. The number of hydrogen-bond acceptors (Lipinski definition) is 6. The van der Waals surface area contributed by atoms with E-state index in [1.54, 1.807) is 6.08 Å². The number of carboxylic acid groups (broad SMARTS) is 2. The fourth-order valence-corrected chi connectivity index (χ4v) is 3.88. The van der Waals surface area contributed by atoms with E-state index in [1.165, 1.54) is 0 Å². The summed E-state index contributed by atoms with van der Waals surface area (Å²) in [5.74, 6) is -3.74. The van der Waals surface area contributed by atoms with Crippen molar-refractivity contribution in [3.05, 3.63) is 70.1 Å². The number of benzene rings is 2. The van der Waals surface area contributed by atoms with Gasteiger partial charge in [-0.2, -0.15) is 0 Å². The van der Waals surface area contributed by atoms with Crippen molar-refractivity contribution in [2.45, 2.75) is 0 Å². The number of nitrogens with one attached hydrogen (secondary N) is 1. The molecule has 0 radical (unpaired) electrons. The highest BCUT2D eigenvalue weighted by Gasteiger charge is 2.33. The van der Waals surface area contributed by atoms with Gasteiger partial charge in [-0.05, 0) is 29.8 Å². The van der Waals surface area contributed by atoms with E-state index in [9.17, 15) is 19.2 Å². The number of thioether (sulfide) groups is 1. The Kier molecular flexibility index (Phi) is 6.28. The Labute approximate surface area is 180 Å². The molecule has 30 heavy (non-hydrogen) atoms. The summed E-state index contributed by atoms with van der Waals surface area (Å²) in [7, 11) is 0. The van der Waals surface area contributed by atoms with Crippen LogP contribution in [0.2, 0.25) is 0 Å². The Bertz CT molecular complexity index is 1070. The standard InChI is InChI=1S/C20H14N2O6S2/c23-16(21-14-8-12(18(25)26)7-13(9-14)19(27)28)10-22-17(24)15(30-20(22)29)6-11-4-2-1-3-5-11/h1-9H,10H2,(H,21,23)(H,25,26)(H,27,28)/b15-6-. The number of amides is 2. The molecule has 8 nitrogen and oxygen atoms in total. The van der Waals surface area contributed by atoms with Crippen LogP contribution in [0, 0.1) is 0 Å². The molecule has 0 unspecified atom stereocenters. The SMILES string of the molecule is O=C(CN1C(=O)/C(=C/c2ccccc2)SC1=S)Nc1cc(C(=O)O)cc(C(=O)O)c1. The number of aromatic carboxylic acids is 2. The van der Waals surface area contributed by atoms with Crippen LogP contribution in [0.25, 0.3) is 6.08 Å². The van der Waals surface area contributed by atoms with Crippen molar-refractivity contribution in [3.63, 3.8) is 0 Å². The molecule has 0 bridgehead atoms. The van der Waals surface area contributed by atoms with Crippen LogP contribution in [-0.4, -0.2) is 49.7 Å². The Hall–Kier alpha value is -3.50. The van der Waals surface area contributed by atoms with Crippen molar-refractivity contribution >= 4 is 63.8 Å². The first-order valence-corrected chi connectivity index (χ1v) is 9.69. The van der Waals surface area contributed by atoms with Gasteiger partial charge in [0.1, 0.15) is 10.9 Å². The van der Waals surface area contributed by atoms with E-state index in [4.69, 9.17) is 22.4 Å². The van der Waals surface area contributed by atoms with Crippen molar-refractivity contribution in [1.29, 1.82) is 0 Å². The predicted octanol–water partition coefficient (Wildman–Crippen LogP) is 2.92. The van der Waals surface area contributed by atoms with E-state index in [2.05, 4.69) is 5.32 Å². The molecule has 0 atom stereocenters. The molecule has 1 saturated heterocycles. The van der Waals surface area contributed by atoms with Gasteiger partial charge in [-0.25, -0.2) is 9.59 Å². The Morgan fingerprint density at radius 3 is 2.20 bits per heavy atom. The second kappa shape index (κ2) is 8.89. The lowest BCUT2D eigenvalue weighted by molar-refractivity contribution is -0.126. The molecular weight excluding hydrogens is 428 g/mol. The Morgan fingerprint density at radius 1 is 1.03 bits per heavy atom. The van der Waals surface area contributed by atoms with Crippen LogP contribution in [0.4, 0.5) is 5.69 Å². The summed E-state index contributed by atoms with van der Waals surface area (Å²) in [6, 6.07) is 12.4. The highest BCUT2D eigenvalue weighted by molar-refractivity contribution is 8.26. The molecule has 1 fully saturated rings. The zero-order chi connectivity index (χ0) is 21.8. The maximum atomic E-state index is 12.6. The minimum Gasteiger partial charge on any atom is -0.478 e.